The molecule has 1 heterocycles. The molecule has 0 radical (unpaired) electrons. The first-order valence-corrected chi connectivity index (χ1v) is 6.50. The van der Waals surface area contributed by atoms with Gasteiger partial charge < -0.3 is 10.1 Å². The largest absolute Gasteiger partial charge is 0.497 e. The summed E-state index contributed by atoms with van der Waals surface area (Å²) in [6, 6.07) is 12.8. The van der Waals surface area contributed by atoms with Crippen molar-refractivity contribution in [2.24, 2.45) is 0 Å². The third kappa shape index (κ3) is 3.55. The van der Waals surface area contributed by atoms with Crippen LogP contribution in [0, 0.1) is 0 Å². The first-order chi connectivity index (χ1) is 9.20. The summed E-state index contributed by atoms with van der Waals surface area (Å²) in [4.78, 5) is 4.04. The van der Waals surface area contributed by atoms with Crippen molar-refractivity contribution in [1.82, 2.24) is 10.3 Å². The van der Waals surface area contributed by atoms with Gasteiger partial charge in [-0.2, -0.15) is 0 Å². The van der Waals surface area contributed by atoms with E-state index >= 15 is 0 Å². The molecule has 0 spiro atoms. The van der Waals surface area contributed by atoms with Gasteiger partial charge >= 0.3 is 0 Å². The minimum atomic E-state index is 0.286. The van der Waals surface area contributed by atoms with Crippen molar-refractivity contribution in [3.8, 4) is 5.75 Å². The van der Waals surface area contributed by atoms with Crippen molar-refractivity contribution < 1.29 is 4.74 Å². The van der Waals surface area contributed by atoms with E-state index in [2.05, 4.69) is 36.3 Å². The Bertz CT molecular complexity index is 496. The van der Waals surface area contributed by atoms with Crippen molar-refractivity contribution in [3.05, 3.63) is 59.9 Å². The molecule has 0 aliphatic carbocycles. The third-order valence-corrected chi connectivity index (χ3v) is 3.32. The lowest BCUT2D eigenvalue weighted by molar-refractivity contribution is 0.414. The van der Waals surface area contributed by atoms with Crippen LogP contribution in [-0.4, -0.2) is 12.1 Å². The molecule has 0 saturated heterocycles. The van der Waals surface area contributed by atoms with E-state index in [0.717, 1.165) is 5.75 Å². The Hall–Kier alpha value is -1.87. The number of ether oxygens (including phenoxy) is 1. The van der Waals surface area contributed by atoms with Crippen molar-refractivity contribution in [2.45, 2.75) is 25.9 Å². The van der Waals surface area contributed by atoms with Gasteiger partial charge in [-0.1, -0.05) is 12.1 Å². The van der Waals surface area contributed by atoms with Gasteiger partial charge in [0, 0.05) is 24.5 Å². The number of hydrogen-bond acceptors (Lipinski definition) is 3. The fraction of sp³-hybridized carbons (Fsp3) is 0.312. The molecule has 0 bridgehead atoms. The fourth-order valence-corrected chi connectivity index (χ4v) is 2.11. The van der Waals surface area contributed by atoms with Crippen LogP contribution >= 0.6 is 0 Å². The van der Waals surface area contributed by atoms with Gasteiger partial charge in [0.2, 0.25) is 0 Å². The molecule has 19 heavy (non-hydrogen) atoms. The lowest BCUT2D eigenvalue weighted by atomic mass is 10.1. The highest BCUT2D eigenvalue weighted by molar-refractivity contribution is 5.29. The molecule has 100 valence electrons. The lowest BCUT2D eigenvalue weighted by Gasteiger charge is -2.20. The Balaban J connectivity index is 2.02. The summed E-state index contributed by atoms with van der Waals surface area (Å²) < 4.78 is 5.17. The molecule has 1 N–H and O–H groups in total. The lowest BCUT2D eigenvalue weighted by Crippen LogP contribution is -2.22. The van der Waals surface area contributed by atoms with E-state index < -0.39 is 0 Å². The highest BCUT2D eigenvalue weighted by Crippen LogP contribution is 2.21. The summed E-state index contributed by atoms with van der Waals surface area (Å²) in [6.45, 7) is 4.33. The monoisotopic (exact) mass is 256 g/mol. The van der Waals surface area contributed by atoms with E-state index in [0.29, 0.717) is 6.04 Å². The Morgan fingerprint density at radius 2 is 1.42 bits per heavy atom. The second-order valence-electron chi connectivity index (χ2n) is 4.66. The Morgan fingerprint density at radius 1 is 0.895 bits per heavy atom. The number of pyridine rings is 1. The zero-order valence-electron chi connectivity index (χ0n) is 11.6. The summed E-state index contributed by atoms with van der Waals surface area (Å²) in [6.07, 6.45) is 3.65. The minimum absolute atomic E-state index is 0.286. The molecule has 3 heteroatoms. The molecule has 2 aromatic rings. The zero-order valence-corrected chi connectivity index (χ0v) is 11.6. The van der Waals surface area contributed by atoms with Gasteiger partial charge in [-0.3, -0.25) is 4.98 Å². The number of benzene rings is 1. The van der Waals surface area contributed by atoms with E-state index in [-0.39, 0.29) is 6.04 Å². The number of rotatable bonds is 5. The van der Waals surface area contributed by atoms with Crippen molar-refractivity contribution in [3.63, 3.8) is 0 Å². The van der Waals surface area contributed by atoms with Crippen LogP contribution in [0.4, 0.5) is 0 Å². The van der Waals surface area contributed by atoms with Crippen molar-refractivity contribution >= 4 is 0 Å². The molecule has 2 rings (SSSR count). The Kier molecular flexibility index (Phi) is 4.53. The van der Waals surface area contributed by atoms with Crippen molar-refractivity contribution in [1.29, 1.82) is 0 Å². The number of hydrogen-bond donors (Lipinski definition) is 1. The van der Waals surface area contributed by atoms with Crippen molar-refractivity contribution in [2.75, 3.05) is 7.11 Å². The molecule has 0 saturated carbocycles. The van der Waals surface area contributed by atoms with E-state index in [1.165, 1.54) is 11.1 Å². The van der Waals surface area contributed by atoms with Crippen LogP contribution in [0.3, 0.4) is 0 Å². The van der Waals surface area contributed by atoms with E-state index in [1.807, 2.05) is 36.7 Å². The molecule has 0 aliphatic rings. The van der Waals surface area contributed by atoms with Gasteiger partial charge in [0.15, 0.2) is 0 Å². The molecule has 3 nitrogen and oxygen atoms in total. The average molecular weight is 256 g/mol. The third-order valence-electron chi connectivity index (χ3n) is 3.32. The maximum Gasteiger partial charge on any atom is 0.118 e. The predicted octanol–water partition coefficient (Wildman–Crippen LogP) is 3.50. The predicted molar refractivity (Wildman–Crippen MR) is 77.2 cm³/mol. The first kappa shape index (κ1) is 13.6. The normalized spacial score (nSPS) is 13.8. The smallest absolute Gasteiger partial charge is 0.118 e. The van der Waals surface area contributed by atoms with Crippen LogP contribution < -0.4 is 10.1 Å². The zero-order chi connectivity index (χ0) is 13.7. The fourth-order valence-electron chi connectivity index (χ4n) is 2.11. The summed E-state index contributed by atoms with van der Waals surface area (Å²) in [5, 5.41) is 3.58. The van der Waals surface area contributed by atoms with Crippen LogP contribution in [0.1, 0.15) is 37.1 Å². The molecule has 0 amide bonds. The van der Waals surface area contributed by atoms with Gasteiger partial charge in [-0.05, 0) is 49.2 Å². The number of methoxy groups -OCH3 is 1. The quantitative estimate of drug-likeness (QED) is 0.889. The molecule has 0 aliphatic heterocycles. The number of nitrogens with one attached hydrogen (secondary N) is 1. The van der Waals surface area contributed by atoms with Crippen LogP contribution in [-0.2, 0) is 0 Å². The standard InChI is InChI=1S/C16H20N2O/c1-12(14-4-6-16(19-3)7-5-14)18-13(2)15-8-10-17-11-9-15/h4-13,18H,1-3H3/t12-,13?/m1/s1. The minimum Gasteiger partial charge on any atom is -0.497 e. The summed E-state index contributed by atoms with van der Waals surface area (Å²) in [5.41, 5.74) is 2.50. The van der Waals surface area contributed by atoms with E-state index in [4.69, 9.17) is 4.74 Å². The number of nitrogens with zero attached hydrogens (tertiary/aromatic N) is 1. The van der Waals surface area contributed by atoms with Gasteiger partial charge in [-0.15, -0.1) is 0 Å². The highest BCUT2D eigenvalue weighted by atomic mass is 16.5. The molecule has 1 aromatic heterocycles. The average Bonchev–Trinajstić information content (AvgIpc) is 2.48. The summed E-state index contributed by atoms with van der Waals surface area (Å²) in [7, 11) is 1.68. The Labute approximate surface area is 114 Å². The second-order valence-corrected chi connectivity index (χ2v) is 4.66. The van der Waals surface area contributed by atoms with Gasteiger partial charge in [-0.25, -0.2) is 0 Å². The maximum atomic E-state index is 5.17. The molecular weight excluding hydrogens is 236 g/mol. The number of aromatic nitrogens is 1. The maximum absolute atomic E-state index is 5.17. The summed E-state index contributed by atoms with van der Waals surface area (Å²) in [5.74, 6) is 0.887. The van der Waals surface area contributed by atoms with Crippen LogP contribution in [0.2, 0.25) is 0 Å². The van der Waals surface area contributed by atoms with Crippen LogP contribution in [0.5, 0.6) is 5.75 Å². The van der Waals surface area contributed by atoms with Gasteiger partial charge in [0.05, 0.1) is 7.11 Å². The molecular formula is C16H20N2O. The SMILES string of the molecule is COc1ccc([C@@H](C)NC(C)c2ccncc2)cc1. The van der Waals surface area contributed by atoms with Gasteiger partial charge in [0.25, 0.3) is 0 Å². The highest BCUT2D eigenvalue weighted by Gasteiger charge is 2.10. The van der Waals surface area contributed by atoms with E-state index in [9.17, 15) is 0 Å². The van der Waals surface area contributed by atoms with E-state index in [1.54, 1.807) is 7.11 Å². The van der Waals surface area contributed by atoms with Crippen LogP contribution in [0.15, 0.2) is 48.8 Å². The topological polar surface area (TPSA) is 34.1 Å². The molecule has 1 aromatic carbocycles. The summed E-state index contributed by atoms with van der Waals surface area (Å²) >= 11 is 0. The molecule has 0 fully saturated rings. The molecule has 2 atom stereocenters. The second kappa shape index (κ2) is 6.34. The Morgan fingerprint density at radius 3 is 1.95 bits per heavy atom. The molecule has 1 unspecified atom stereocenters. The van der Waals surface area contributed by atoms with Crippen LogP contribution in [0.25, 0.3) is 0 Å². The van der Waals surface area contributed by atoms with Gasteiger partial charge in [0.1, 0.15) is 5.75 Å². The first-order valence-electron chi connectivity index (χ1n) is 6.50.